The van der Waals surface area contributed by atoms with Crippen LogP contribution >= 0.6 is 0 Å². The first kappa shape index (κ1) is 8.53. The SMILES string of the molecule is CN(C)CC1CC(C(=O)O)C1. The number of aliphatic carboxylic acids is 1. The van der Waals surface area contributed by atoms with Gasteiger partial charge >= 0.3 is 5.97 Å². The van der Waals surface area contributed by atoms with Crippen molar-refractivity contribution in [3.05, 3.63) is 0 Å². The monoisotopic (exact) mass is 157 g/mol. The van der Waals surface area contributed by atoms with Crippen molar-refractivity contribution in [1.29, 1.82) is 0 Å². The molecule has 0 bridgehead atoms. The van der Waals surface area contributed by atoms with Crippen LogP contribution in [0.1, 0.15) is 12.8 Å². The Hall–Kier alpha value is -0.570. The summed E-state index contributed by atoms with van der Waals surface area (Å²) in [7, 11) is 4.04. The molecule has 0 aromatic heterocycles. The van der Waals surface area contributed by atoms with Crippen LogP contribution in [0.15, 0.2) is 0 Å². The Labute approximate surface area is 67.0 Å². The van der Waals surface area contributed by atoms with Gasteiger partial charge < -0.3 is 10.0 Å². The number of hydrogen-bond donors (Lipinski definition) is 1. The number of nitrogens with zero attached hydrogens (tertiary/aromatic N) is 1. The van der Waals surface area contributed by atoms with Crippen LogP contribution in [0.25, 0.3) is 0 Å². The molecule has 3 heteroatoms. The van der Waals surface area contributed by atoms with Crippen LogP contribution in [0.5, 0.6) is 0 Å². The van der Waals surface area contributed by atoms with Gasteiger partial charge in [-0.1, -0.05) is 0 Å². The van der Waals surface area contributed by atoms with Gasteiger partial charge in [-0.3, -0.25) is 4.79 Å². The second kappa shape index (κ2) is 3.22. The zero-order valence-corrected chi connectivity index (χ0v) is 7.08. The molecule has 1 aliphatic rings. The normalized spacial score (nSPS) is 30.1. The fourth-order valence-electron chi connectivity index (χ4n) is 1.60. The van der Waals surface area contributed by atoms with E-state index in [-0.39, 0.29) is 5.92 Å². The van der Waals surface area contributed by atoms with Gasteiger partial charge in [0.1, 0.15) is 0 Å². The predicted molar refractivity (Wildman–Crippen MR) is 42.4 cm³/mol. The summed E-state index contributed by atoms with van der Waals surface area (Å²) in [6.45, 7) is 1.03. The molecule has 0 spiro atoms. The molecule has 0 saturated heterocycles. The Morgan fingerprint density at radius 1 is 1.55 bits per heavy atom. The van der Waals surface area contributed by atoms with Crippen molar-refractivity contribution in [2.24, 2.45) is 11.8 Å². The third-order valence-electron chi connectivity index (χ3n) is 2.21. The Kier molecular flexibility index (Phi) is 2.49. The lowest BCUT2D eigenvalue weighted by Crippen LogP contribution is -2.36. The molecule has 1 aliphatic carbocycles. The molecule has 1 rings (SSSR count). The van der Waals surface area contributed by atoms with Crippen LogP contribution in [0, 0.1) is 11.8 Å². The Balaban J connectivity index is 2.14. The molecule has 0 amide bonds. The van der Waals surface area contributed by atoms with E-state index in [0.717, 1.165) is 19.4 Å². The fourth-order valence-corrected chi connectivity index (χ4v) is 1.60. The highest BCUT2D eigenvalue weighted by atomic mass is 16.4. The summed E-state index contributed by atoms with van der Waals surface area (Å²) in [5.74, 6) is -0.0638. The summed E-state index contributed by atoms with van der Waals surface area (Å²) in [6, 6.07) is 0. The number of rotatable bonds is 3. The number of carbonyl (C=O) groups is 1. The second-order valence-electron chi connectivity index (χ2n) is 3.63. The fraction of sp³-hybridized carbons (Fsp3) is 0.875. The van der Waals surface area contributed by atoms with Crippen molar-refractivity contribution in [2.75, 3.05) is 20.6 Å². The maximum absolute atomic E-state index is 10.4. The molecule has 1 fully saturated rings. The van der Waals surface area contributed by atoms with E-state index in [1.807, 2.05) is 14.1 Å². The van der Waals surface area contributed by atoms with E-state index >= 15 is 0 Å². The highest BCUT2D eigenvalue weighted by Gasteiger charge is 2.34. The third-order valence-corrected chi connectivity index (χ3v) is 2.21. The van der Waals surface area contributed by atoms with Crippen molar-refractivity contribution in [3.8, 4) is 0 Å². The zero-order chi connectivity index (χ0) is 8.43. The van der Waals surface area contributed by atoms with Gasteiger partial charge in [-0.2, -0.15) is 0 Å². The van der Waals surface area contributed by atoms with Gasteiger partial charge in [0.2, 0.25) is 0 Å². The van der Waals surface area contributed by atoms with Gasteiger partial charge in [-0.05, 0) is 32.9 Å². The van der Waals surface area contributed by atoms with Gasteiger partial charge in [0.25, 0.3) is 0 Å². The summed E-state index contributed by atoms with van der Waals surface area (Å²) in [5.41, 5.74) is 0. The molecule has 0 aliphatic heterocycles. The quantitative estimate of drug-likeness (QED) is 0.654. The smallest absolute Gasteiger partial charge is 0.306 e. The predicted octanol–water partition coefficient (Wildman–Crippen LogP) is 0.659. The van der Waals surface area contributed by atoms with Gasteiger partial charge in [0.05, 0.1) is 5.92 Å². The summed E-state index contributed by atoms with van der Waals surface area (Å²) >= 11 is 0. The minimum atomic E-state index is -0.625. The molecule has 0 heterocycles. The lowest BCUT2D eigenvalue weighted by Gasteiger charge is -2.34. The highest BCUT2D eigenvalue weighted by Crippen LogP contribution is 2.33. The molecular weight excluding hydrogens is 142 g/mol. The minimum Gasteiger partial charge on any atom is -0.481 e. The Bertz CT molecular complexity index is 150. The van der Waals surface area contributed by atoms with Gasteiger partial charge in [-0.25, -0.2) is 0 Å². The maximum Gasteiger partial charge on any atom is 0.306 e. The van der Waals surface area contributed by atoms with Gasteiger partial charge in [0, 0.05) is 6.54 Å². The summed E-state index contributed by atoms with van der Waals surface area (Å²) in [4.78, 5) is 12.5. The summed E-state index contributed by atoms with van der Waals surface area (Å²) in [6.07, 6.45) is 1.74. The van der Waals surface area contributed by atoms with E-state index in [4.69, 9.17) is 5.11 Å². The van der Waals surface area contributed by atoms with Crippen molar-refractivity contribution in [2.45, 2.75) is 12.8 Å². The molecule has 1 N–H and O–H groups in total. The van der Waals surface area contributed by atoms with E-state index in [9.17, 15) is 4.79 Å². The van der Waals surface area contributed by atoms with E-state index in [0.29, 0.717) is 5.92 Å². The molecule has 0 aromatic rings. The van der Waals surface area contributed by atoms with E-state index in [1.54, 1.807) is 0 Å². The van der Waals surface area contributed by atoms with Gasteiger partial charge in [-0.15, -0.1) is 0 Å². The lowest BCUT2D eigenvalue weighted by atomic mass is 9.75. The van der Waals surface area contributed by atoms with E-state index in [2.05, 4.69) is 4.90 Å². The standard InChI is InChI=1S/C8H15NO2/c1-9(2)5-6-3-7(4-6)8(10)11/h6-7H,3-5H2,1-2H3,(H,10,11). The first-order chi connectivity index (χ1) is 5.09. The van der Waals surface area contributed by atoms with Crippen LogP contribution in [-0.4, -0.2) is 36.6 Å². The topological polar surface area (TPSA) is 40.5 Å². The van der Waals surface area contributed by atoms with Crippen molar-refractivity contribution >= 4 is 5.97 Å². The highest BCUT2D eigenvalue weighted by molar-refractivity contribution is 5.71. The van der Waals surface area contributed by atoms with Crippen LogP contribution in [-0.2, 0) is 4.79 Å². The molecule has 0 radical (unpaired) electrons. The van der Waals surface area contributed by atoms with Crippen LogP contribution < -0.4 is 0 Å². The van der Waals surface area contributed by atoms with Crippen LogP contribution in [0.2, 0.25) is 0 Å². The van der Waals surface area contributed by atoms with Crippen LogP contribution in [0.4, 0.5) is 0 Å². The molecular formula is C8H15NO2. The Morgan fingerprint density at radius 3 is 2.45 bits per heavy atom. The number of hydrogen-bond acceptors (Lipinski definition) is 2. The molecule has 1 saturated carbocycles. The molecule has 0 unspecified atom stereocenters. The average Bonchev–Trinajstić information content (AvgIpc) is 1.75. The lowest BCUT2D eigenvalue weighted by molar-refractivity contribution is -0.146. The number of carboxylic acid groups (broad SMARTS) is 1. The molecule has 0 atom stereocenters. The van der Waals surface area contributed by atoms with E-state index < -0.39 is 5.97 Å². The first-order valence-electron chi connectivity index (χ1n) is 3.97. The maximum atomic E-state index is 10.4. The second-order valence-corrected chi connectivity index (χ2v) is 3.63. The summed E-state index contributed by atoms with van der Waals surface area (Å²) < 4.78 is 0. The zero-order valence-electron chi connectivity index (χ0n) is 7.08. The van der Waals surface area contributed by atoms with E-state index in [1.165, 1.54) is 0 Å². The Morgan fingerprint density at radius 2 is 2.09 bits per heavy atom. The summed E-state index contributed by atoms with van der Waals surface area (Å²) in [5, 5.41) is 8.57. The van der Waals surface area contributed by atoms with Crippen LogP contribution in [0.3, 0.4) is 0 Å². The number of carboxylic acids is 1. The van der Waals surface area contributed by atoms with Crippen molar-refractivity contribution in [3.63, 3.8) is 0 Å². The largest absolute Gasteiger partial charge is 0.481 e. The van der Waals surface area contributed by atoms with Crippen molar-refractivity contribution in [1.82, 2.24) is 4.90 Å². The third kappa shape index (κ3) is 2.19. The van der Waals surface area contributed by atoms with Crippen molar-refractivity contribution < 1.29 is 9.90 Å². The van der Waals surface area contributed by atoms with Gasteiger partial charge in [0.15, 0.2) is 0 Å². The molecule has 0 aromatic carbocycles. The molecule has 3 nitrogen and oxygen atoms in total. The molecule has 64 valence electrons. The molecule has 11 heavy (non-hydrogen) atoms. The average molecular weight is 157 g/mol. The minimum absolute atomic E-state index is 0.0556. The first-order valence-corrected chi connectivity index (χ1v) is 3.97.